The maximum Gasteiger partial charge on any atom is 0.316 e. The maximum atomic E-state index is 11.3. The van der Waals surface area contributed by atoms with Gasteiger partial charge in [-0.3, -0.25) is 9.59 Å². The van der Waals surface area contributed by atoms with Crippen molar-refractivity contribution < 1.29 is 19.1 Å². The first-order valence-corrected chi connectivity index (χ1v) is 4.56. The van der Waals surface area contributed by atoms with Crippen molar-refractivity contribution in [2.75, 3.05) is 13.2 Å². The fraction of sp³-hybridized carbons (Fsp3) is 0.778. The Bertz CT molecular complexity index is 194. The number of esters is 2. The molecule has 1 aliphatic rings. The molecule has 0 aliphatic carbocycles. The molecule has 1 rings (SSSR count). The Hall–Kier alpha value is -0.900. The van der Waals surface area contributed by atoms with Crippen LogP contribution in [0.25, 0.3) is 0 Å². The minimum atomic E-state index is -0.448. The number of ether oxygens (including phenoxy) is 2. The lowest BCUT2D eigenvalue weighted by atomic mass is 10.0. The lowest BCUT2D eigenvalue weighted by Crippen LogP contribution is -2.26. The average Bonchev–Trinajstić information content (AvgIpc) is 2.19. The van der Waals surface area contributed by atoms with Gasteiger partial charge in [0.15, 0.2) is 0 Å². The van der Waals surface area contributed by atoms with Crippen LogP contribution in [0, 0.1) is 5.92 Å². The highest BCUT2D eigenvalue weighted by Crippen LogP contribution is 2.16. The molecular formula is C9H14O4. The minimum Gasteiger partial charge on any atom is -0.393 e. The van der Waals surface area contributed by atoms with Crippen molar-refractivity contribution in [3.8, 4) is 0 Å². The Morgan fingerprint density at radius 3 is 2.54 bits per heavy atom. The van der Waals surface area contributed by atoms with Crippen LogP contribution in [-0.4, -0.2) is 25.2 Å². The zero-order chi connectivity index (χ0) is 9.68. The van der Waals surface area contributed by atoms with Crippen molar-refractivity contribution in [3.05, 3.63) is 0 Å². The number of carbonyl (C=O) groups is 2. The van der Waals surface area contributed by atoms with Crippen LogP contribution < -0.4 is 0 Å². The van der Waals surface area contributed by atoms with Crippen LogP contribution >= 0.6 is 0 Å². The second-order valence-corrected chi connectivity index (χ2v) is 3.03. The zero-order valence-electron chi connectivity index (χ0n) is 7.75. The molecule has 0 aromatic heterocycles. The van der Waals surface area contributed by atoms with Gasteiger partial charge in [0.05, 0.1) is 5.92 Å². The smallest absolute Gasteiger partial charge is 0.316 e. The number of carbonyl (C=O) groups excluding carboxylic acids is 2. The van der Waals surface area contributed by atoms with Gasteiger partial charge in [-0.2, -0.15) is 0 Å². The average molecular weight is 186 g/mol. The van der Waals surface area contributed by atoms with Gasteiger partial charge in [0.2, 0.25) is 0 Å². The van der Waals surface area contributed by atoms with Gasteiger partial charge >= 0.3 is 11.9 Å². The molecule has 4 heteroatoms. The molecule has 0 aromatic rings. The SMILES string of the molecule is CCC(=O)OC(=O)C1CCOCC1. The van der Waals surface area contributed by atoms with Crippen LogP contribution in [0.4, 0.5) is 0 Å². The van der Waals surface area contributed by atoms with Gasteiger partial charge in [0, 0.05) is 19.6 Å². The molecule has 4 nitrogen and oxygen atoms in total. The van der Waals surface area contributed by atoms with E-state index in [-0.39, 0.29) is 12.3 Å². The van der Waals surface area contributed by atoms with E-state index in [4.69, 9.17) is 4.74 Å². The normalized spacial score (nSPS) is 18.2. The molecule has 0 bridgehead atoms. The van der Waals surface area contributed by atoms with E-state index in [0.717, 1.165) is 0 Å². The molecule has 1 saturated heterocycles. The van der Waals surface area contributed by atoms with Gasteiger partial charge < -0.3 is 9.47 Å². The summed E-state index contributed by atoms with van der Waals surface area (Å²) in [6.45, 7) is 2.83. The van der Waals surface area contributed by atoms with Crippen LogP contribution in [-0.2, 0) is 19.1 Å². The first-order valence-electron chi connectivity index (χ1n) is 4.56. The predicted octanol–water partition coefficient (Wildman–Crippen LogP) is 0.893. The Labute approximate surface area is 77.2 Å². The lowest BCUT2D eigenvalue weighted by Gasteiger charge is -2.19. The van der Waals surface area contributed by atoms with Crippen molar-refractivity contribution >= 4 is 11.9 Å². The van der Waals surface area contributed by atoms with Crippen LogP contribution in [0.1, 0.15) is 26.2 Å². The molecule has 0 unspecified atom stereocenters. The number of hydrogen-bond acceptors (Lipinski definition) is 4. The topological polar surface area (TPSA) is 52.6 Å². The Morgan fingerprint density at radius 2 is 2.00 bits per heavy atom. The molecule has 13 heavy (non-hydrogen) atoms. The number of rotatable bonds is 2. The number of hydrogen-bond donors (Lipinski definition) is 0. The molecule has 1 heterocycles. The highest BCUT2D eigenvalue weighted by Gasteiger charge is 2.24. The summed E-state index contributed by atoms with van der Waals surface area (Å²) in [5.74, 6) is -0.990. The highest BCUT2D eigenvalue weighted by atomic mass is 16.6. The van der Waals surface area contributed by atoms with Crippen LogP contribution in [0.3, 0.4) is 0 Å². The molecule has 0 saturated carbocycles. The van der Waals surface area contributed by atoms with Gasteiger partial charge in [-0.15, -0.1) is 0 Å². The van der Waals surface area contributed by atoms with Crippen molar-refractivity contribution in [1.29, 1.82) is 0 Å². The summed E-state index contributed by atoms with van der Waals surface area (Å²) in [7, 11) is 0. The molecule has 0 amide bonds. The van der Waals surface area contributed by atoms with Crippen LogP contribution in [0.5, 0.6) is 0 Å². The summed E-state index contributed by atoms with van der Waals surface area (Å²) < 4.78 is 9.69. The summed E-state index contributed by atoms with van der Waals surface area (Å²) in [6, 6.07) is 0. The van der Waals surface area contributed by atoms with Crippen molar-refractivity contribution in [3.63, 3.8) is 0 Å². The second kappa shape index (κ2) is 4.97. The Balaban J connectivity index is 2.33. The fourth-order valence-corrected chi connectivity index (χ4v) is 1.20. The van der Waals surface area contributed by atoms with E-state index in [1.54, 1.807) is 6.92 Å². The van der Waals surface area contributed by atoms with Gasteiger partial charge in [-0.05, 0) is 12.8 Å². The molecule has 74 valence electrons. The first-order chi connectivity index (χ1) is 6.24. The van der Waals surface area contributed by atoms with E-state index in [0.29, 0.717) is 26.1 Å². The second-order valence-electron chi connectivity index (χ2n) is 3.03. The highest BCUT2D eigenvalue weighted by molar-refractivity contribution is 5.86. The molecular weight excluding hydrogens is 172 g/mol. The van der Waals surface area contributed by atoms with Crippen molar-refractivity contribution in [1.82, 2.24) is 0 Å². The van der Waals surface area contributed by atoms with E-state index in [2.05, 4.69) is 4.74 Å². The Kier molecular flexibility index (Phi) is 3.89. The third kappa shape index (κ3) is 3.14. The largest absolute Gasteiger partial charge is 0.393 e. The molecule has 1 fully saturated rings. The minimum absolute atomic E-state index is 0.149. The summed E-state index contributed by atoms with van der Waals surface area (Å²) >= 11 is 0. The summed E-state index contributed by atoms with van der Waals surface area (Å²) in [6.07, 6.45) is 1.57. The van der Waals surface area contributed by atoms with E-state index in [1.807, 2.05) is 0 Å². The quantitative estimate of drug-likeness (QED) is 0.474. The molecule has 1 aliphatic heterocycles. The molecule has 0 atom stereocenters. The van der Waals surface area contributed by atoms with Crippen molar-refractivity contribution in [2.24, 2.45) is 5.92 Å². The van der Waals surface area contributed by atoms with Gasteiger partial charge in [0.25, 0.3) is 0 Å². The van der Waals surface area contributed by atoms with Crippen molar-refractivity contribution in [2.45, 2.75) is 26.2 Å². The zero-order valence-corrected chi connectivity index (χ0v) is 7.75. The summed E-state index contributed by atoms with van der Waals surface area (Å²) in [5.41, 5.74) is 0. The van der Waals surface area contributed by atoms with Gasteiger partial charge in [-0.25, -0.2) is 0 Å². The standard InChI is InChI=1S/C9H14O4/c1-2-8(10)13-9(11)7-3-5-12-6-4-7/h7H,2-6H2,1H3. The predicted molar refractivity (Wildman–Crippen MR) is 44.9 cm³/mol. The molecule has 0 N–H and O–H groups in total. The third-order valence-corrected chi connectivity index (χ3v) is 2.06. The third-order valence-electron chi connectivity index (χ3n) is 2.06. The fourth-order valence-electron chi connectivity index (χ4n) is 1.20. The lowest BCUT2D eigenvalue weighted by molar-refractivity contribution is -0.164. The van der Waals surface area contributed by atoms with E-state index >= 15 is 0 Å². The molecule has 0 aromatic carbocycles. The maximum absolute atomic E-state index is 11.3. The monoisotopic (exact) mass is 186 g/mol. The molecule has 0 radical (unpaired) electrons. The Morgan fingerprint density at radius 1 is 1.38 bits per heavy atom. The van der Waals surface area contributed by atoms with Gasteiger partial charge in [0.1, 0.15) is 0 Å². The summed E-state index contributed by atoms with van der Waals surface area (Å²) in [4.78, 5) is 22.1. The van der Waals surface area contributed by atoms with Gasteiger partial charge in [-0.1, -0.05) is 6.92 Å². The molecule has 0 spiro atoms. The van der Waals surface area contributed by atoms with Crippen LogP contribution in [0.15, 0.2) is 0 Å². The van der Waals surface area contributed by atoms with E-state index in [1.165, 1.54) is 0 Å². The van der Waals surface area contributed by atoms with E-state index in [9.17, 15) is 9.59 Å². The summed E-state index contributed by atoms with van der Waals surface area (Å²) in [5, 5.41) is 0. The van der Waals surface area contributed by atoms with E-state index < -0.39 is 11.9 Å². The van der Waals surface area contributed by atoms with Crippen LogP contribution in [0.2, 0.25) is 0 Å². The first kappa shape index (κ1) is 10.2.